The fourth-order valence-electron chi connectivity index (χ4n) is 5.57. The molecule has 0 aliphatic carbocycles. The van der Waals surface area contributed by atoms with E-state index in [4.69, 9.17) is 4.98 Å². The molecule has 0 aliphatic heterocycles. The molecule has 0 unspecified atom stereocenters. The summed E-state index contributed by atoms with van der Waals surface area (Å²) < 4.78 is 0. The minimum Gasteiger partial charge on any atom is -0.248 e. The first-order valence-corrected chi connectivity index (χ1v) is 13.2. The molecule has 0 spiro atoms. The molecule has 0 fully saturated rings. The van der Waals surface area contributed by atoms with Crippen LogP contribution in [-0.2, 0) is 0 Å². The third-order valence-corrected chi connectivity index (χ3v) is 7.51. The van der Waals surface area contributed by atoms with E-state index in [2.05, 4.69) is 124 Å². The zero-order valence-electron chi connectivity index (χ0n) is 21.4. The Morgan fingerprint density at radius 2 is 0.925 bits per heavy atom. The number of benzene rings is 5. The van der Waals surface area contributed by atoms with E-state index in [1.807, 2.05) is 12.1 Å². The van der Waals surface area contributed by atoms with Crippen molar-refractivity contribution in [3.05, 3.63) is 128 Å². The van der Waals surface area contributed by atoms with Gasteiger partial charge in [0.05, 0.1) is 34.8 Å². The van der Waals surface area contributed by atoms with Gasteiger partial charge in [-0.05, 0) is 75.1 Å². The van der Waals surface area contributed by atoms with Crippen molar-refractivity contribution in [2.45, 2.75) is 0 Å². The van der Waals surface area contributed by atoms with Gasteiger partial charge < -0.3 is 0 Å². The highest BCUT2D eigenvalue weighted by atomic mass is 15.1. The number of aromatic nitrogens is 5. The zero-order valence-corrected chi connectivity index (χ0v) is 21.4. The van der Waals surface area contributed by atoms with E-state index in [9.17, 15) is 0 Å². The number of hydrogen-bond acceptors (Lipinski definition) is 5. The second-order valence-electron chi connectivity index (χ2n) is 9.93. The summed E-state index contributed by atoms with van der Waals surface area (Å²) in [6.07, 6.45) is 3.43. The van der Waals surface area contributed by atoms with Gasteiger partial charge in [0.25, 0.3) is 0 Å². The van der Waals surface area contributed by atoms with Gasteiger partial charge in [0.15, 0.2) is 0 Å². The first-order chi connectivity index (χ1) is 19.8. The van der Waals surface area contributed by atoms with E-state index in [-0.39, 0.29) is 0 Å². The third kappa shape index (κ3) is 3.76. The quantitative estimate of drug-likeness (QED) is 0.223. The summed E-state index contributed by atoms with van der Waals surface area (Å²) in [4.78, 5) is 5.18. The summed E-state index contributed by atoms with van der Waals surface area (Å²) in [6, 6.07) is 40.2. The van der Waals surface area contributed by atoms with Crippen molar-refractivity contribution >= 4 is 43.4 Å². The lowest BCUT2D eigenvalue weighted by Gasteiger charge is -2.15. The van der Waals surface area contributed by atoms with Gasteiger partial charge in [0, 0.05) is 21.9 Å². The molecule has 0 aliphatic rings. The van der Waals surface area contributed by atoms with Crippen molar-refractivity contribution < 1.29 is 0 Å². The molecule has 0 N–H and O–H groups in total. The third-order valence-electron chi connectivity index (χ3n) is 7.51. The van der Waals surface area contributed by atoms with Crippen molar-refractivity contribution in [2.24, 2.45) is 0 Å². The summed E-state index contributed by atoms with van der Waals surface area (Å²) in [5, 5.41) is 23.8. The van der Waals surface area contributed by atoms with Crippen LogP contribution in [0.15, 0.2) is 128 Å². The van der Waals surface area contributed by atoms with E-state index in [0.29, 0.717) is 0 Å². The van der Waals surface area contributed by atoms with Gasteiger partial charge in [-0.3, -0.25) is 0 Å². The van der Waals surface area contributed by atoms with E-state index in [0.717, 1.165) is 49.9 Å². The lowest BCUT2D eigenvalue weighted by molar-refractivity contribution is 1.08. The van der Waals surface area contributed by atoms with Gasteiger partial charge in [0.1, 0.15) is 0 Å². The summed E-state index contributed by atoms with van der Waals surface area (Å²) in [6.45, 7) is 0. The Balaban J connectivity index is 1.44. The number of rotatable bonds is 3. The number of hydrogen-bond donors (Lipinski definition) is 0. The van der Waals surface area contributed by atoms with Crippen LogP contribution in [0.3, 0.4) is 0 Å². The molecular weight excluding hydrogens is 490 g/mol. The van der Waals surface area contributed by atoms with E-state index < -0.39 is 0 Å². The van der Waals surface area contributed by atoms with Crippen LogP contribution in [0.4, 0.5) is 0 Å². The van der Waals surface area contributed by atoms with Crippen LogP contribution in [-0.4, -0.2) is 25.4 Å². The van der Waals surface area contributed by atoms with Gasteiger partial charge >= 0.3 is 0 Å². The summed E-state index contributed by atoms with van der Waals surface area (Å²) >= 11 is 0. The molecule has 3 heterocycles. The molecule has 0 bridgehead atoms. The van der Waals surface area contributed by atoms with Crippen LogP contribution >= 0.6 is 0 Å². The molecule has 8 rings (SSSR count). The lowest BCUT2D eigenvalue weighted by Crippen LogP contribution is -1.94. The number of fused-ring (bicyclic) bond motifs is 4. The van der Waals surface area contributed by atoms with Crippen molar-refractivity contribution in [1.29, 1.82) is 0 Å². The maximum Gasteiger partial charge on any atom is 0.0936 e. The van der Waals surface area contributed by atoms with Crippen LogP contribution in [0.2, 0.25) is 0 Å². The molecule has 5 nitrogen and oxygen atoms in total. The summed E-state index contributed by atoms with van der Waals surface area (Å²) in [7, 11) is 0. The predicted octanol–water partition coefficient (Wildman–Crippen LogP) is 8.28. The first-order valence-electron chi connectivity index (χ1n) is 13.2. The van der Waals surface area contributed by atoms with Crippen LogP contribution in [0.5, 0.6) is 0 Å². The van der Waals surface area contributed by atoms with Gasteiger partial charge in [-0.15, -0.1) is 0 Å². The number of nitrogens with zero attached hydrogens (tertiary/aromatic N) is 5. The van der Waals surface area contributed by atoms with Crippen LogP contribution in [0.1, 0.15) is 0 Å². The van der Waals surface area contributed by atoms with Crippen molar-refractivity contribution in [1.82, 2.24) is 25.4 Å². The second-order valence-corrected chi connectivity index (χ2v) is 9.93. The van der Waals surface area contributed by atoms with E-state index in [1.165, 1.54) is 27.1 Å². The molecule has 5 aromatic carbocycles. The largest absolute Gasteiger partial charge is 0.248 e. The highest BCUT2D eigenvalue weighted by molar-refractivity contribution is 6.13. The lowest BCUT2D eigenvalue weighted by atomic mass is 9.90. The topological polar surface area (TPSA) is 64.5 Å². The maximum atomic E-state index is 5.18. The Morgan fingerprint density at radius 1 is 0.400 bits per heavy atom. The standard InChI is InChI=1S/C35H21N5/c1-3-7-29-24(5-1)17-25-6-2-4-8-30(25)35(29)28-20-31(26-11-9-22-13-15-36-39-33(22)18-26)38-32(21-28)27-12-10-23-14-16-37-40-34(23)19-27/h1-21H. The van der Waals surface area contributed by atoms with Gasteiger partial charge in [-0.2, -0.15) is 20.4 Å². The second kappa shape index (κ2) is 9.03. The Kier molecular flexibility index (Phi) is 5.07. The van der Waals surface area contributed by atoms with Gasteiger partial charge in [-0.1, -0.05) is 72.8 Å². The monoisotopic (exact) mass is 511 g/mol. The molecule has 0 saturated heterocycles. The molecule has 0 amide bonds. The summed E-state index contributed by atoms with van der Waals surface area (Å²) in [5.74, 6) is 0. The molecule has 186 valence electrons. The summed E-state index contributed by atoms with van der Waals surface area (Å²) in [5.41, 5.74) is 7.69. The molecule has 40 heavy (non-hydrogen) atoms. The van der Waals surface area contributed by atoms with Crippen LogP contribution in [0, 0.1) is 0 Å². The molecular formula is C35H21N5. The molecule has 3 aromatic heterocycles. The fourth-order valence-corrected chi connectivity index (χ4v) is 5.57. The maximum absolute atomic E-state index is 5.18. The normalized spacial score (nSPS) is 11.5. The van der Waals surface area contributed by atoms with Crippen molar-refractivity contribution in [2.75, 3.05) is 0 Å². The van der Waals surface area contributed by atoms with Crippen LogP contribution < -0.4 is 0 Å². The average Bonchev–Trinajstić information content (AvgIpc) is 3.03. The zero-order chi connectivity index (χ0) is 26.5. The smallest absolute Gasteiger partial charge is 0.0936 e. The highest BCUT2D eigenvalue weighted by Crippen LogP contribution is 2.39. The van der Waals surface area contributed by atoms with E-state index >= 15 is 0 Å². The van der Waals surface area contributed by atoms with E-state index in [1.54, 1.807) is 12.4 Å². The number of pyridine rings is 1. The predicted molar refractivity (Wildman–Crippen MR) is 162 cm³/mol. The molecule has 5 heteroatoms. The van der Waals surface area contributed by atoms with Crippen molar-refractivity contribution in [3.8, 4) is 33.6 Å². The molecule has 0 radical (unpaired) electrons. The Morgan fingerprint density at radius 3 is 1.48 bits per heavy atom. The van der Waals surface area contributed by atoms with Crippen molar-refractivity contribution in [3.63, 3.8) is 0 Å². The highest BCUT2D eigenvalue weighted by Gasteiger charge is 2.15. The van der Waals surface area contributed by atoms with Gasteiger partial charge in [0.2, 0.25) is 0 Å². The molecule has 0 atom stereocenters. The van der Waals surface area contributed by atoms with Crippen LogP contribution in [0.25, 0.3) is 77.0 Å². The minimum atomic E-state index is 0.838. The Labute approximate surface area is 229 Å². The average molecular weight is 512 g/mol. The Bertz CT molecular complexity index is 2090. The minimum absolute atomic E-state index is 0.838. The first kappa shape index (κ1) is 22.4. The fraction of sp³-hybridized carbons (Fsp3) is 0. The van der Waals surface area contributed by atoms with Gasteiger partial charge in [-0.25, -0.2) is 4.98 Å². The molecule has 0 saturated carbocycles. The molecule has 8 aromatic rings. The SMILES string of the molecule is c1ccc2c(-c3cc(-c4ccc5ccnnc5c4)nc(-c4ccc5ccnnc5c4)c3)c3ccccc3cc2c1. The Hall–Kier alpha value is -5.55.